The zero-order valence-electron chi connectivity index (χ0n) is 10.2. The number of hydrogen-bond donors (Lipinski definition) is 1. The van der Waals surface area contributed by atoms with Crippen LogP contribution in [-0.2, 0) is 0 Å². The van der Waals surface area contributed by atoms with Gasteiger partial charge in [-0.05, 0) is 17.7 Å². The predicted octanol–water partition coefficient (Wildman–Crippen LogP) is 3.22. The zero-order valence-corrected chi connectivity index (χ0v) is 11.8. The van der Waals surface area contributed by atoms with E-state index in [1.807, 2.05) is 17.8 Å². The van der Waals surface area contributed by atoms with Gasteiger partial charge in [-0.2, -0.15) is 0 Å². The Hall–Kier alpha value is -0.580. The predicted molar refractivity (Wildman–Crippen MR) is 74.9 cm³/mol. The van der Waals surface area contributed by atoms with Crippen molar-refractivity contribution in [2.75, 3.05) is 19.8 Å². The Balaban J connectivity index is 1.92. The Morgan fingerprint density at radius 2 is 2.17 bits per heavy atom. The topological polar surface area (TPSA) is 30.5 Å². The number of thioether (sulfide) groups is 1. The van der Waals surface area contributed by atoms with Crippen LogP contribution in [0.4, 0.5) is 0 Å². The molecule has 18 heavy (non-hydrogen) atoms. The fourth-order valence-corrected chi connectivity index (χ4v) is 3.62. The van der Waals surface area contributed by atoms with Gasteiger partial charge in [-0.25, -0.2) is 0 Å². The minimum absolute atomic E-state index is 0.301. The van der Waals surface area contributed by atoms with Gasteiger partial charge >= 0.3 is 0 Å². The van der Waals surface area contributed by atoms with Gasteiger partial charge in [0.15, 0.2) is 11.5 Å². The molecule has 2 unspecified atom stereocenters. The number of hydrogen-bond acceptors (Lipinski definition) is 4. The van der Waals surface area contributed by atoms with E-state index in [4.69, 9.17) is 21.1 Å². The van der Waals surface area contributed by atoms with E-state index >= 15 is 0 Å². The van der Waals surface area contributed by atoms with Crippen LogP contribution in [0.1, 0.15) is 24.3 Å². The van der Waals surface area contributed by atoms with Gasteiger partial charge in [0.2, 0.25) is 0 Å². The summed E-state index contributed by atoms with van der Waals surface area (Å²) in [4.78, 5) is 0. The molecule has 0 radical (unpaired) electrons. The molecule has 0 spiro atoms. The molecular formula is C13H16ClNO2S. The molecule has 0 saturated carbocycles. The Morgan fingerprint density at radius 1 is 1.33 bits per heavy atom. The largest absolute Gasteiger partial charge is 0.489 e. The van der Waals surface area contributed by atoms with Crippen molar-refractivity contribution < 1.29 is 9.47 Å². The summed E-state index contributed by atoms with van der Waals surface area (Å²) in [5.41, 5.74) is 1.17. The summed E-state index contributed by atoms with van der Waals surface area (Å²) >= 11 is 8.21. The number of benzene rings is 1. The summed E-state index contributed by atoms with van der Waals surface area (Å²) in [7, 11) is 0. The summed E-state index contributed by atoms with van der Waals surface area (Å²) in [6.45, 7) is 4.61. The Morgan fingerprint density at radius 3 is 2.94 bits per heavy atom. The summed E-state index contributed by atoms with van der Waals surface area (Å²) in [5, 5.41) is 5.06. The van der Waals surface area contributed by atoms with Gasteiger partial charge in [0.05, 0.1) is 23.6 Å². The SMILES string of the molecule is CC1CNC(c2cc(Cl)c3c(c2)OCCCO3)S1. The first-order chi connectivity index (χ1) is 8.74. The van der Waals surface area contributed by atoms with Crippen molar-refractivity contribution in [3.63, 3.8) is 0 Å². The molecule has 1 aromatic carbocycles. The van der Waals surface area contributed by atoms with Crippen LogP contribution in [0.15, 0.2) is 12.1 Å². The first-order valence-corrected chi connectivity index (χ1v) is 7.54. The summed E-state index contributed by atoms with van der Waals surface area (Å²) in [6.07, 6.45) is 0.897. The summed E-state index contributed by atoms with van der Waals surface area (Å²) in [5.74, 6) is 1.46. The molecular weight excluding hydrogens is 270 g/mol. The van der Waals surface area contributed by atoms with E-state index in [0.717, 1.165) is 18.7 Å². The third-order valence-corrected chi connectivity index (χ3v) is 4.71. The van der Waals surface area contributed by atoms with E-state index in [9.17, 15) is 0 Å². The lowest BCUT2D eigenvalue weighted by Crippen LogP contribution is -2.14. The first-order valence-electron chi connectivity index (χ1n) is 6.22. The Kier molecular flexibility index (Phi) is 3.59. The van der Waals surface area contributed by atoms with Crippen LogP contribution < -0.4 is 14.8 Å². The molecule has 0 amide bonds. The molecule has 2 atom stereocenters. The summed E-state index contributed by atoms with van der Waals surface area (Å²) in [6, 6.07) is 4.03. The highest BCUT2D eigenvalue weighted by molar-refractivity contribution is 8.00. The van der Waals surface area contributed by atoms with Crippen molar-refractivity contribution in [3.8, 4) is 11.5 Å². The number of fused-ring (bicyclic) bond motifs is 1. The van der Waals surface area contributed by atoms with E-state index in [2.05, 4.69) is 18.3 Å². The molecule has 1 N–H and O–H groups in total. The highest BCUT2D eigenvalue weighted by Crippen LogP contribution is 2.43. The van der Waals surface area contributed by atoms with E-state index in [1.54, 1.807) is 0 Å². The van der Waals surface area contributed by atoms with Crippen molar-refractivity contribution >= 4 is 23.4 Å². The molecule has 0 aliphatic carbocycles. The maximum absolute atomic E-state index is 6.29. The molecule has 0 bridgehead atoms. The van der Waals surface area contributed by atoms with Gasteiger partial charge in [0.1, 0.15) is 0 Å². The average molecular weight is 286 g/mol. The highest BCUT2D eigenvalue weighted by Gasteiger charge is 2.25. The van der Waals surface area contributed by atoms with Gasteiger partial charge < -0.3 is 14.8 Å². The number of rotatable bonds is 1. The van der Waals surface area contributed by atoms with Crippen molar-refractivity contribution in [2.45, 2.75) is 24.0 Å². The quantitative estimate of drug-likeness (QED) is 0.858. The van der Waals surface area contributed by atoms with Crippen molar-refractivity contribution in [1.82, 2.24) is 5.32 Å². The number of halogens is 1. The number of ether oxygens (including phenoxy) is 2. The minimum Gasteiger partial charge on any atom is -0.489 e. The van der Waals surface area contributed by atoms with E-state index in [0.29, 0.717) is 34.6 Å². The lowest BCUT2D eigenvalue weighted by molar-refractivity contribution is 0.297. The lowest BCUT2D eigenvalue weighted by Gasteiger charge is -2.15. The zero-order chi connectivity index (χ0) is 12.5. The van der Waals surface area contributed by atoms with Gasteiger partial charge in [0, 0.05) is 18.2 Å². The molecule has 2 heterocycles. The van der Waals surface area contributed by atoms with Crippen LogP contribution >= 0.6 is 23.4 Å². The van der Waals surface area contributed by atoms with E-state index in [-0.39, 0.29) is 0 Å². The van der Waals surface area contributed by atoms with Crippen LogP contribution in [0.5, 0.6) is 11.5 Å². The molecule has 3 rings (SSSR count). The van der Waals surface area contributed by atoms with Crippen LogP contribution in [0.25, 0.3) is 0 Å². The van der Waals surface area contributed by atoms with Crippen molar-refractivity contribution in [1.29, 1.82) is 0 Å². The highest BCUT2D eigenvalue weighted by atomic mass is 35.5. The molecule has 1 saturated heterocycles. The average Bonchev–Trinajstić information content (AvgIpc) is 2.63. The molecule has 3 nitrogen and oxygen atoms in total. The minimum atomic E-state index is 0.301. The molecule has 1 aromatic rings. The molecule has 5 heteroatoms. The molecule has 0 aromatic heterocycles. The van der Waals surface area contributed by atoms with Gasteiger partial charge in [-0.15, -0.1) is 11.8 Å². The molecule has 98 valence electrons. The fraction of sp³-hybridized carbons (Fsp3) is 0.538. The monoisotopic (exact) mass is 285 g/mol. The van der Waals surface area contributed by atoms with Crippen LogP contribution in [0.2, 0.25) is 5.02 Å². The third kappa shape index (κ3) is 2.42. The van der Waals surface area contributed by atoms with Crippen molar-refractivity contribution in [3.05, 3.63) is 22.7 Å². The van der Waals surface area contributed by atoms with Crippen LogP contribution in [-0.4, -0.2) is 25.0 Å². The standard InChI is InChI=1S/C13H16ClNO2S/c1-8-7-15-13(18-8)9-5-10(14)12-11(6-9)16-3-2-4-17-12/h5-6,8,13,15H,2-4,7H2,1H3. The molecule has 2 aliphatic rings. The van der Waals surface area contributed by atoms with E-state index < -0.39 is 0 Å². The second-order valence-electron chi connectivity index (χ2n) is 4.62. The summed E-state index contributed by atoms with van der Waals surface area (Å²) < 4.78 is 11.3. The van der Waals surface area contributed by atoms with E-state index in [1.165, 1.54) is 5.56 Å². The maximum Gasteiger partial charge on any atom is 0.179 e. The first kappa shape index (κ1) is 12.5. The van der Waals surface area contributed by atoms with Crippen molar-refractivity contribution in [2.24, 2.45) is 0 Å². The third-order valence-electron chi connectivity index (χ3n) is 3.09. The Labute approximate surface area is 116 Å². The van der Waals surface area contributed by atoms with Gasteiger partial charge in [0.25, 0.3) is 0 Å². The number of nitrogens with one attached hydrogen (secondary N) is 1. The van der Waals surface area contributed by atoms with Crippen LogP contribution in [0.3, 0.4) is 0 Å². The van der Waals surface area contributed by atoms with Gasteiger partial charge in [-0.3, -0.25) is 0 Å². The smallest absolute Gasteiger partial charge is 0.179 e. The van der Waals surface area contributed by atoms with Crippen LogP contribution in [0, 0.1) is 0 Å². The second-order valence-corrected chi connectivity index (χ2v) is 6.57. The molecule has 1 fully saturated rings. The normalized spacial score (nSPS) is 27.0. The Bertz CT molecular complexity index is 455. The van der Waals surface area contributed by atoms with Gasteiger partial charge in [-0.1, -0.05) is 18.5 Å². The lowest BCUT2D eigenvalue weighted by atomic mass is 10.2. The fourth-order valence-electron chi connectivity index (χ4n) is 2.20. The molecule has 2 aliphatic heterocycles. The second kappa shape index (κ2) is 5.19. The maximum atomic E-state index is 6.29.